The summed E-state index contributed by atoms with van der Waals surface area (Å²) in [6.07, 6.45) is 1.88. The molecule has 0 aromatic heterocycles. The van der Waals surface area contributed by atoms with Crippen LogP contribution in [0.5, 0.6) is 0 Å². The Morgan fingerprint density at radius 2 is 1.71 bits per heavy atom. The summed E-state index contributed by atoms with van der Waals surface area (Å²) in [5.74, 6) is -0.300. The molecule has 0 fully saturated rings. The zero-order valence-electron chi connectivity index (χ0n) is 12.5. The number of hydrogen-bond donors (Lipinski definition) is 1. The predicted molar refractivity (Wildman–Crippen MR) is 87.4 cm³/mol. The quantitative estimate of drug-likeness (QED) is 0.797. The lowest BCUT2D eigenvalue weighted by molar-refractivity contribution is 0.547. The molecule has 0 saturated heterocycles. The smallest absolute Gasteiger partial charge is 0.124 e. The normalized spacial score (nSPS) is 12.4. The van der Waals surface area contributed by atoms with E-state index in [-0.39, 0.29) is 11.9 Å². The highest BCUT2D eigenvalue weighted by atomic mass is 35.5. The summed E-state index contributed by atoms with van der Waals surface area (Å²) in [4.78, 5) is 0. The molecule has 2 rings (SSSR count). The first kappa shape index (κ1) is 16.0. The lowest BCUT2D eigenvalue weighted by Gasteiger charge is -2.20. The zero-order chi connectivity index (χ0) is 15.2. The van der Waals surface area contributed by atoms with Gasteiger partial charge in [-0.1, -0.05) is 55.8 Å². The Balaban J connectivity index is 2.21. The molecule has 21 heavy (non-hydrogen) atoms. The topological polar surface area (TPSA) is 12.0 Å². The first-order valence-electron chi connectivity index (χ1n) is 7.40. The maximum atomic E-state index is 13.2. The van der Waals surface area contributed by atoms with Crippen LogP contribution in [0.3, 0.4) is 0 Å². The molecule has 0 aliphatic heterocycles. The van der Waals surface area contributed by atoms with E-state index in [1.807, 2.05) is 0 Å². The second kappa shape index (κ2) is 7.58. The SMILES string of the molecule is CCNC(Cc1ccc(CC)cc1)c1ccc(F)cc1Cl. The minimum Gasteiger partial charge on any atom is -0.310 e. The molecule has 2 aromatic carbocycles. The molecule has 112 valence electrons. The largest absolute Gasteiger partial charge is 0.310 e. The van der Waals surface area contributed by atoms with Crippen LogP contribution in [0, 0.1) is 5.82 Å². The highest BCUT2D eigenvalue weighted by Gasteiger charge is 2.15. The van der Waals surface area contributed by atoms with Crippen molar-refractivity contribution in [3.63, 3.8) is 0 Å². The Hall–Kier alpha value is -1.38. The van der Waals surface area contributed by atoms with E-state index in [1.165, 1.54) is 23.3 Å². The van der Waals surface area contributed by atoms with E-state index >= 15 is 0 Å². The first-order chi connectivity index (χ1) is 10.1. The standard InChI is InChI=1S/C18H21ClFN/c1-3-13-5-7-14(8-6-13)11-18(21-4-2)16-10-9-15(20)12-17(16)19/h5-10,12,18,21H,3-4,11H2,1-2H3. The average Bonchev–Trinajstić information content (AvgIpc) is 2.48. The number of likely N-dealkylation sites (N-methyl/N-ethyl adjacent to an activating group) is 1. The fraction of sp³-hybridized carbons (Fsp3) is 0.333. The molecule has 0 amide bonds. The van der Waals surface area contributed by atoms with Gasteiger partial charge in [0, 0.05) is 11.1 Å². The van der Waals surface area contributed by atoms with Crippen molar-refractivity contribution in [1.29, 1.82) is 0 Å². The van der Waals surface area contributed by atoms with Crippen molar-refractivity contribution in [1.82, 2.24) is 5.32 Å². The Morgan fingerprint density at radius 3 is 2.29 bits per heavy atom. The van der Waals surface area contributed by atoms with Crippen LogP contribution in [0.25, 0.3) is 0 Å². The van der Waals surface area contributed by atoms with Crippen LogP contribution < -0.4 is 5.32 Å². The molecule has 1 N–H and O–H groups in total. The van der Waals surface area contributed by atoms with Gasteiger partial charge in [-0.05, 0) is 48.2 Å². The lowest BCUT2D eigenvalue weighted by Crippen LogP contribution is -2.23. The molecule has 0 bridgehead atoms. The third-order valence-electron chi connectivity index (χ3n) is 3.66. The maximum absolute atomic E-state index is 13.2. The van der Waals surface area contributed by atoms with Crippen molar-refractivity contribution < 1.29 is 4.39 Å². The molecule has 0 aliphatic carbocycles. The van der Waals surface area contributed by atoms with Gasteiger partial charge in [0.25, 0.3) is 0 Å². The molecule has 1 unspecified atom stereocenters. The fourth-order valence-corrected chi connectivity index (χ4v) is 2.77. The van der Waals surface area contributed by atoms with Crippen LogP contribution in [0.1, 0.15) is 36.6 Å². The van der Waals surface area contributed by atoms with Crippen LogP contribution in [-0.2, 0) is 12.8 Å². The highest BCUT2D eigenvalue weighted by Crippen LogP contribution is 2.26. The van der Waals surface area contributed by atoms with Gasteiger partial charge in [-0.25, -0.2) is 4.39 Å². The van der Waals surface area contributed by atoms with E-state index in [4.69, 9.17) is 11.6 Å². The van der Waals surface area contributed by atoms with Gasteiger partial charge >= 0.3 is 0 Å². The van der Waals surface area contributed by atoms with Crippen molar-refractivity contribution in [3.8, 4) is 0 Å². The first-order valence-corrected chi connectivity index (χ1v) is 7.78. The van der Waals surface area contributed by atoms with Crippen molar-refractivity contribution in [2.75, 3.05) is 6.54 Å². The van der Waals surface area contributed by atoms with Crippen molar-refractivity contribution in [3.05, 3.63) is 70.0 Å². The zero-order valence-corrected chi connectivity index (χ0v) is 13.3. The molecular formula is C18H21ClFN. The number of rotatable bonds is 6. The van der Waals surface area contributed by atoms with Crippen LogP contribution in [0.4, 0.5) is 4.39 Å². The summed E-state index contributed by atoms with van der Waals surface area (Å²) in [5, 5.41) is 3.91. The average molecular weight is 306 g/mol. The van der Waals surface area contributed by atoms with E-state index < -0.39 is 0 Å². The summed E-state index contributed by atoms with van der Waals surface area (Å²) >= 11 is 6.19. The number of nitrogens with one attached hydrogen (secondary N) is 1. The third kappa shape index (κ3) is 4.29. The number of aryl methyl sites for hydroxylation is 1. The molecule has 2 aromatic rings. The van der Waals surface area contributed by atoms with Gasteiger partial charge in [-0.15, -0.1) is 0 Å². The van der Waals surface area contributed by atoms with Gasteiger partial charge in [-0.2, -0.15) is 0 Å². The Morgan fingerprint density at radius 1 is 1.05 bits per heavy atom. The Bertz CT molecular complexity index is 580. The number of benzene rings is 2. The van der Waals surface area contributed by atoms with Gasteiger partial charge in [0.2, 0.25) is 0 Å². The van der Waals surface area contributed by atoms with E-state index in [1.54, 1.807) is 6.07 Å². The van der Waals surface area contributed by atoms with Crippen molar-refractivity contribution >= 4 is 11.6 Å². The Labute approximate surface area is 131 Å². The summed E-state index contributed by atoms with van der Waals surface area (Å²) in [5.41, 5.74) is 3.52. The van der Waals surface area contributed by atoms with E-state index in [2.05, 4.69) is 43.4 Å². The minimum atomic E-state index is -0.300. The number of halogens is 2. The molecule has 0 saturated carbocycles. The molecular weight excluding hydrogens is 285 g/mol. The van der Waals surface area contributed by atoms with Crippen LogP contribution in [0.2, 0.25) is 5.02 Å². The predicted octanol–water partition coefficient (Wildman–Crippen LogP) is 4.93. The van der Waals surface area contributed by atoms with E-state index in [9.17, 15) is 4.39 Å². The lowest BCUT2D eigenvalue weighted by atomic mass is 9.97. The Kier molecular flexibility index (Phi) is 5.77. The van der Waals surface area contributed by atoms with Gasteiger partial charge in [0.1, 0.15) is 5.82 Å². The second-order valence-corrected chi connectivity index (χ2v) is 5.56. The molecule has 0 spiro atoms. The summed E-state index contributed by atoms with van der Waals surface area (Å²) in [7, 11) is 0. The van der Waals surface area contributed by atoms with Gasteiger partial charge in [0.15, 0.2) is 0 Å². The molecule has 3 heteroatoms. The molecule has 1 nitrogen and oxygen atoms in total. The fourth-order valence-electron chi connectivity index (χ4n) is 2.47. The summed E-state index contributed by atoms with van der Waals surface area (Å²) in [6, 6.07) is 13.3. The van der Waals surface area contributed by atoms with Gasteiger partial charge in [-0.3, -0.25) is 0 Å². The molecule has 0 heterocycles. The molecule has 0 aliphatic rings. The second-order valence-electron chi connectivity index (χ2n) is 5.15. The molecule has 0 radical (unpaired) electrons. The van der Waals surface area contributed by atoms with Crippen LogP contribution in [0.15, 0.2) is 42.5 Å². The van der Waals surface area contributed by atoms with Crippen molar-refractivity contribution in [2.45, 2.75) is 32.7 Å². The van der Waals surface area contributed by atoms with Crippen LogP contribution >= 0.6 is 11.6 Å². The highest BCUT2D eigenvalue weighted by molar-refractivity contribution is 6.31. The van der Waals surface area contributed by atoms with Gasteiger partial charge in [0.05, 0.1) is 0 Å². The number of hydrogen-bond acceptors (Lipinski definition) is 1. The summed E-state index contributed by atoms with van der Waals surface area (Å²) < 4.78 is 13.2. The third-order valence-corrected chi connectivity index (χ3v) is 3.99. The van der Waals surface area contributed by atoms with Crippen LogP contribution in [-0.4, -0.2) is 6.54 Å². The van der Waals surface area contributed by atoms with Crippen molar-refractivity contribution in [2.24, 2.45) is 0 Å². The monoisotopic (exact) mass is 305 g/mol. The minimum absolute atomic E-state index is 0.0931. The summed E-state index contributed by atoms with van der Waals surface area (Å²) in [6.45, 7) is 5.05. The van der Waals surface area contributed by atoms with E-state index in [0.29, 0.717) is 5.02 Å². The molecule has 1 atom stereocenters. The van der Waals surface area contributed by atoms with E-state index in [0.717, 1.165) is 24.9 Å². The van der Waals surface area contributed by atoms with Gasteiger partial charge < -0.3 is 5.32 Å². The maximum Gasteiger partial charge on any atom is 0.124 e.